The largest absolute Gasteiger partial charge is 0.508 e. The number of sulfone groups is 1. The molecular weight excluding hydrogens is 1700 g/mol. The van der Waals surface area contributed by atoms with Crippen LogP contribution in [0.25, 0.3) is 10.9 Å². The molecule has 32 nitrogen and oxygen atoms in total. The number of ether oxygens (including phenoxy) is 1. The monoisotopic (exact) mass is 1830 g/mol. The summed E-state index contributed by atoms with van der Waals surface area (Å²) >= 11 is 0. The highest BCUT2D eigenvalue weighted by molar-refractivity contribution is 7.91. The third kappa shape index (κ3) is 28.1. The summed E-state index contributed by atoms with van der Waals surface area (Å²) in [5.41, 5.74) is 8.09. The lowest BCUT2D eigenvalue weighted by Gasteiger charge is -2.35. The number of amides is 5. The minimum atomic E-state index is -3.27. The molecule has 5 aromatic carbocycles. The Morgan fingerprint density at radius 3 is 1.21 bits per heavy atom. The number of rotatable bonds is 25. The first kappa shape index (κ1) is 97.2. The van der Waals surface area contributed by atoms with Gasteiger partial charge in [-0.05, 0) is 256 Å². The van der Waals surface area contributed by atoms with Gasteiger partial charge >= 0.3 is 0 Å². The van der Waals surface area contributed by atoms with Crippen molar-refractivity contribution in [2.75, 3.05) is 79.6 Å². The topological polar surface area (TPSA) is 420 Å². The van der Waals surface area contributed by atoms with Crippen molar-refractivity contribution in [1.82, 2.24) is 60.0 Å². The van der Waals surface area contributed by atoms with E-state index >= 15 is 0 Å². The maximum atomic E-state index is 12.8. The first-order valence-corrected chi connectivity index (χ1v) is 48.4. The number of hydrogen-bond acceptors (Lipinski definition) is 26. The Morgan fingerprint density at radius 1 is 0.406 bits per heavy atom. The average molecular weight is 1830 g/mol. The molecule has 6 aromatic heterocycles. The summed E-state index contributed by atoms with van der Waals surface area (Å²) < 4.78 is 30.1. The number of carbonyl (C=O) groups is 5. The molecule has 0 aliphatic heterocycles. The van der Waals surface area contributed by atoms with Crippen molar-refractivity contribution in [3.63, 3.8) is 0 Å². The van der Waals surface area contributed by atoms with E-state index in [1.165, 1.54) is 178 Å². The number of aromatic nitrogens is 12. The lowest BCUT2D eigenvalue weighted by molar-refractivity contribution is 0.101. The maximum absolute atomic E-state index is 12.8. The number of phenolic OH excluding ortho intramolecular Hbond substituents is 3. The Labute approximate surface area is 778 Å². The summed E-state index contributed by atoms with van der Waals surface area (Å²) in [7, 11) is 2.82. The Kier molecular flexibility index (Phi) is 34.5. The molecule has 6 saturated carbocycles. The van der Waals surface area contributed by atoms with Crippen LogP contribution in [-0.2, 0) is 9.84 Å². The van der Waals surface area contributed by atoms with E-state index in [2.05, 4.69) is 113 Å². The van der Waals surface area contributed by atoms with Crippen LogP contribution in [-0.4, -0.2) is 177 Å². The maximum Gasteiger partial charge on any atom is 0.274 e. The van der Waals surface area contributed by atoms with E-state index in [-0.39, 0.29) is 74.9 Å². The zero-order valence-electron chi connectivity index (χ0n) is 77.4. The highest BCUT2D eigenvalue weighted by Gasteiger charge is 2.32. The minimum Gasteiger partial charge on any atom is -0.508 e. The highest BCUT2D eigenvalue weighted by atomic mass is 32.2. The average Bonchev–Trinajstić information content (AvgIpc) is 1.76. The molecule has 133 heavy (non-hydrogen) atoms. The summed E-state index contributed by atoms with van der Waals surface area (Å²) in [6, 6.07) is 36.8. The van der Waals surface area contributed by atoms with Crippen molar-refractivity contribution >= 4 is 102 Å². The van der Waals surface area contributed by atoms with E-state index < -0.39 is 9.84 Å². The van der Waals surface area contributed by atoms with E-state index in [0.717, 1.165) is 108 Å². The minimum absolute atomic E-state index is 0.108. The van der Waals surface area contributed by atoms with Crippen LogP contribution in [0.15, 0.2) is 170 Å². The van der Waals surface area contributed by atoms with Gasteiger partial charge in [-0.15, -0.1) is 0 Å². The molecule has 702 valence electrons. The molecule has 6 aliphatic rings. The summed E-state index contributed by atoms with van der Waals surface area (Å²) in [4.78, 5) is 114. The van der Waals surface area contributed by atoms with Gasteiger partial charge in [-0.3, -0.25) is 29.1 Å². The Bertz CT molecular complexity index is 5850. The fourth-order valence-electron chi connectivity index (χ4n) is 17.5. The summed E-state index contributed by atoms with van der Waals surface area (Å²) in [5, 5.41) is 50.5. The number of aromatic hydroxyl groups is 3. The Hall–Kier alpha value is -13.3. The van der Waals surface area contributed by atoms with Crippen LogP contribution in [0.2, 0.25) is 0 Å². The molecule has 0 saturated heterocycles. The van der Waals surface area contributed by atoms with Gasteiger partial charge in [-0.1, -0.05) is 78.1 Å². The van der Waals surface area contributed by atoms with Crippen LogP contribution < -0.4 is 50.9 Å². The zero-order chi connectivity index (χ0) is 93.9. The fraction of sp³-hybridized carbons (Fsp3) is 0.440. The number of carbonyl (C=O) groups excluding carboxylic acids is 5. The van der Waals surface area contributed by atoms with Gasteiger partial charge in [0.25, 0.3) is 29.5 Å². The fourth-order valence-corrected chi connectivity index (χ4v) is 18.8. The standard InChI is InChI=1S/C22H28N4O2.C21H28N4O3S.C20H26N4O2.C19H22N6O.C18H21N3O3/c1-15-11-18(27)9-10-19(15)25-22(28)20-12-21(24-14-23-20)26(13-16-7-8-16)17-5-3-2-4-6-17;1-3-13-29(27,28)18-11-9-16(10-12-18)24-21(26)19-14-20(23-15-22-19)25(2)17-7-5-4-6-8-17;1-13-4-6-15(7-5-13)24(3)19-11-18(21-12-22-19)20(26)23-17-9-8-16(25)10-14(17)2;1-25(15-5-3-2-4-6-15)18-10-17(20-12-21-18)19(26)23-14-7-8-16-13(9-14)11-22-24-16;1-12-9-13(22)7-8-15(12)21-18(23)16-10-17(20-11-19-16)24-14-5-3-2-4-6-14/h9-12,14,16-17,27H,2-8,13H2,1H3,(H,25,28);9-12,14-15,17H,3-8,13H2,1-2H3,(H,24,26);8-13,15,25H,4-7H2,1-3H3,(H,23,26);7-12,15H,2-6H2,1H3,(H,22,24)(H,23,26);7-11,14,22H,2-6H2,1H3,(H,21,23). The van der Waals surface area contributed by atoms with E-state index in [1.54, 1.807) is 91.1 Å². The number of anilines is 9. The second kappa shape index (κ2) is 47.2. The molecular formula is C100H125N21O11S. The normalized spacial score (nSPS) is 16.5. The summed E-state index contributed by atoms with van der Waals surface area (Å²) in [6.45, 7) is 10.6. The zero-order valence-corrected chi connectivity index (χ0v) is 78.2. The van der Waals surface area contributed by atoms with Gasteiger partial charge in [0.05, 0.1) is 22.4 Å². The van der Waals surface area contributed by atoms with E-state index in [4.69, 9.17) is 4.74 Å². The number of nitrogens with zero attached hydrogens (tertiary/aromatic N) is 15. The van der Waals surface area contributed by atoms with Gasteiger partial charge in [0.1, 0.15) is 107 Å². The number of aromatic amines is 1. The first-order chi connectivity index (χ1) is 64.3. The molecule has 0 bridgehead atoms. The number of aryl methyl sites for hydroxylation is 3. The number of benzene rings is 5. The first-order valence-electron chi connectivity index (χ1n) is 46.7. The Balaban J connectivity index is 0.000000141. The third-order valence-electron chi connectivity index (χ3n) is 25.6. The molecule has 11 aromatic rings. The molecule has 0 radical (unpaired) electrons. The van der Waals surface area contributed by atoms with Crippen LogP contribution in [0, 0.1) is 32.6 Å². The molecule has 6 heterocycles. The van der Waals surface area contributed by atoms with Gasteiger partial charge in [0, 0.05) is 116 Å². The van der Waals surface area contributed by atoms with Crippen LogP contribution in [0.4, 0.5) is 51.7 Å². The Morgan fingerprint density at radius 2 is 0.782 bits per heavy atom. The van der Waals surface area contributed by atoms with Crippen LogP contribution in [0.3, 0.4) is 0 Å². The van der Waals surface area contributed by atoms with Crippen molar-refractivity contribution in [3.8, 4) is 23.1 Å². The molecule has 0 spiro atoms. The second-order valence-electron chi connectivity index (χ2n) is 35.7. The van der Waals surface area contributed by atoms with Crippen LogP contribution in [0.5, 0.6) is 23.1 Å². The van der Waals surface area contributed by atoms with E-state index in [1.807, 2.05) is 73.1 Å². The molecule has 0 unspecified atom stereocenters. The molecule has 33 heteroatoms. The lowest BCUT2D eigenvalue weighted by atomic mass is 9.87. The van der Waals surface area contributed by atoms with Gasteiger partial charge in [0.2, 0.25) is 5.88 Å². The summed E-state index contributed by atoms with van der Waals surface area (Å²) in [6.07, 6.45) is 41.0. The van der Waals surface area contributed by atoms with Crippen molar-refractivity contribution in [3.05, 3.63) is 210 Å². The predicted molar refractivity (Wildman–Crippen MR) is 518 cm³/mol. The van der Waals surface area contributed by atoms with Gasteiger partial charge in [0.15, 0.2) is 9.84 Å². The van der Waals surface area contributed by atoms with Crippen molar-refractivity contribution in [2.24, 2.45) is 11.8 Å². The molecule has 5 amide bonds. The second-order valence-corrected chi connectivity index (χ2v) is 37.8. The number of nitrogens with one attached hydrogen (secondary N) is 6. The third-order valence-corrected chi connectivity index (χ3v) is 27.5. The van der Waals surface area contributed by atoms with Crippen LogP contribution in [0.1, 0.15) is 256 Å². The van der Waals surface area contributed by atoms with Crippen molar-refractivity contribution in [2.45, 2.75) is 243 Å². The molecule has 6 aliphatic carbocycles. The van der Waals surface area contributed by atoms with E-state index in [0.29, 0.717) is 82.0 Å². The van der Waals surface area contributed by atoms with Crippen LogP contribution >= 0.6 is 0 Å². The predicted octanol–water partition coefficient (Wildman–Crippen LogP) is 18.6. The van der Waals surface area contributed by atoms with Gasteiger partial charge in [-0.2, -0.15) is 5.10 Å². The van der Waals surface area contributed by atoms with Crippen molar-refractivity contribution < 1.29 is 52.4 Å². The lowest BCUT2D eigenvalue weighted by Crippen LogP contribution is -2.39. The van der Waals surface area contributed by atoms with E-state index in [9.17, 15) is 47.7 Å². The number of fused-ring (bicyclic) bond motifs is 1. The molecule has 0 atom stereocenters. The highest BCUT2D eigenvalue weighted by Crippen LogP contribution is 2.37. The smallest absolute Gasteiger partial charge is 0.274 e. The number of phenols is 3. The quantitative estimate of drug-likeness (QED) is 0.0240. The summed E-state index contributed by atoms with van der Waals surface area (Å²) in [5.74, 6) is 4.31. The number of hydrogen-bond donors (Lipinski definition) is 9. The van der Waals surface area contributed by atoms with Crippen molar-refractivity contribution in [1.29, 1.82) is 0 Å². The van der Waals surface area contributed by atoms with Gasteiger partial charge < -0.3 is 66.2 Å². The molecule has 6 fully saturated rings. The number of H-pyrrole nitrogens is 1. The SMILES string of the molecule is CCCS(=O)(=O)c1ccc(NC(=O)c2cc(N(C)C3CCCCC3)ncn2)cc1.CN(c1cc(C(=O)Nc2ccc3[nH]ncc3c2)ncn1)C1CCCCC1.Cc1cc(O)ccc1NC(=O)c1cc(N(C)C2CCC(C)CC2)ncn1.Cc1cc(O)ccc1NC(=O)c1cc(N(CC2CC2)C2CCCCC2)ncn1.Cc1cc(O)ccc1NC(=O)c1cc(OC2CCCCC2)ncn1. The van der Waals surface area contributed by atoms with Gasteiger partial charge in [-0.25, -0.2) is 58.3 Å². The molecule has 9 N–H and O–H groups in total. The molecule has 17 rings (SSSR count).